The van der Waals surface area contributed by atoms with Gasteiger partial charge in [0.05, 0.1) is 17.0 Å². The van der Waals surface area contributed by atoms with E-state index in [2.05, 4.69) is 15.6 Å². The number of rotatable bonds is 17. The summed E-state index contributed by atoms with van der Waals surface area (Å²) in [5.74, 6) is -1.77. The highest BCUT2D eigenvalue weighted by Crippen LogP contribution is 2.31. The molecule has 1 fully saturated rings. The Bertz CT molecular complexity index is 1500. The van der Waals surface area contributed by atoms with E-state index >= 15 is 0 Å². The molecule has 15 heteroatoms. The predicted octanol–water partition coefficient (Wildman–Crippen LogP) is 4.08. The smallest absolute Gasteiger partial charge is 0.303 e. The van der Waals surface area contributed by atoms with Gasteiger partial charge >= 0.3 is 5.97 Å². The lowest BCUT2D eigenvalue weighted by Gasteiger charge is -2.38. The quantitative estimate of drug-likeness (QED) is 0.105. The molecule has 0 spiro atoms. The van der Waals surface area contributed by atoms with Crippen molar-refractivity contribution in [3.05, 3.63) is 56.0 Å². The third-order valence-electron chi connectivity index (χ3n) is 9.34. The molecule has 1 aliphatic rings. The molecular formula is C35H50N6O8S. The van der Waals surface area contributed by atoms with Crippen LogP contribution in [0.2, 0.25) is 0 Å². The van der Waals surface area contributed by atoms with Crippen molar-refractivity contribution >= 4 is 47.0 Å². The van der Waals surface area contributed by atoms with Crippen molar-refractivity contribution in [2.24, 2.45) is 11.8 Å². The van der Waals surface area contributed by atoms with Crippen molar-refractivity contribution in [1.29, 1.82) is 0 Å². The summed E-state index contributed by atoms with van der Waals surface area (Å²) in [4.78, 5) is 83.1. The summed E-state index contributed by atoms with van der Waals surface area (Å²) in [6.45, 7) is 9.93. The first kappa shape index (κ1) is 40.2. The van der Waals surface area contributed by atoms with Crippen LogP contribution in [0.15, 0.2) is 29.6 Å². The lowest BCUT2D eigenvalue weighted by Crippen LogP contribution is -2.58. The highest BCUT2D eigenvalue weighted by molar-refractivity contribution is 7.09. The molecule has 0 bridgehead atoms. The number of nitrogens with one attached hydrogen (secondary N) is 2. The van der Waals surface area contributed by atoms with Gasteiger partial charge in [-0.3, -0.25) is 34.2 Å². The summed E-state index contributed by atoms with van der Waals surface area (Å²) in [6.07, 6.45) is 3.41. The van der Waals surface area contributed by atoms with E-state index in [9.17, 15) is 34.1 Å². The molecule has 3 amide bonds. The van der Waals surface area contributed by atoms with Crippen LogP contribution in [0.5, 0.6) is 0 Å². The van der Waals surface area contributed by atoms with Gasteiger partial charge in [-0.2, -0.15) is 0 Å². The number of likely N-dealkylation sites (tertiary alicyclic amines) is 1. The highest BCUT2D eigenvalue weighted by atomic mass is 32.1. The largest absolute Gasteiger partial charge is 0.455 e. The minimum atomic E-state index is -0.916. The minimum absolute atomic E-state index is 0.0236. The minimum Gasteiger partial charge on any atom is -0.455 e. The number of esters is 1. The summed E-state index contributed by atoms with van der Waals surface area (Å²) in [7, 11) is 3.62. The average molecular weight is 715 g/mol. The van der Waals surface area contributed by atoms with Gasteiger partial charge in [-0.05, 0) is 50.3 Å². The van der Waals surface area contributed by atoms with E-state index in [1.54, 1.807) is 11.9 Å². The van der Waals surface area contributed by atoms with E-state index < -0.39 is 41.0 Å². The maximum absolute atomic E-state index is 14.1. The lowest BCUT2D eigenvalue weighted by molar-refractivity contribution is -0.384. The van der Waals surface area contributed by atoms with Crippen molar-refractivity contribution < 1.29 is 33.6 Å². The number of likely N-dealkylation sites (N-methyl/N-ethyl adjacent to an activating group) is 2. The molecule has 14 nitrogen and oxygen atoms in total. The molecule has 6 atom stereocenters. The Morgan fingerprint density at radius 3 is 2.40 bits per heavy atom. The fourth-order valence-electron chi connectivity index (χ4n) is 6.14. The molecule has 274 valence electrons. The first-order chi connectivity index (χ1) is 23.7. The van der Waals surface area contributed by atoms with Gasteiger partial charge in [0.15, 0.2) is 6.10 Å². The second kappa shape index (κ2) is 18.7. The van der Waals surface area contributed by atoms with Gasteiger partial charge in [-0.25, -0.2) is 4.98 Å². The van der Waals surface area contributed by atoms with Gasteiger partial charge in [0.1, 0.15) is 23.0 Å². The molecule has 2 heterocycles. The van der Waals surface area contributed by atoms with Gasteiger partial charge in [0.25, 0.3) is 11.6 Å². The summed E-state index contributed by atoms with van der Waals surface area (Å²) < 4.78 is 5.69. The fraction of sp³-hybridized carbons (Fsp3) is 0.600. The molecule has 2 N–H and O–H groups in total. The standard InChI is InChI=1S/C35H50N6O8S/c1-8-22(4)31(38-33(45)28-11-9-10-16-39(28)6)35(46)40(7)29(21(2)3)18-30(49-23(5)43)34-37-27(20-50-34)32(44)36-25(19-42)17-24-12-14-26(15-13-24)41(47)48/h12-15,19-22,25,28-31H,8-11,16-18H2,1-7H3,(H,36,44)(H,38,45)/t22-,25-,28+,29+,30+,31-/m0/s1. The van der Waals surface area contributed by atoms with Crippen LogP contribution in [0.1, 0.15) is 93.9 Å². The molecular weight excluding hydrogens is 664 g/mol. The summed E-state index contributed by atoms with van der Waals surface area (Å²) in [5.41, 5.74) is 0.560. The molecule has 0 saturated carbocycles. The fourth-order valence-corrected chi connectivity index (χ4v) is 6.98. The number of thiazole rings is 1. The zero-order valence-electron chi connectivity index (χ0n) is 29.9. The number of benzene rings is 1. The second-order valence-corrected chi connectivity index (χ2v) is 14.3. The van der Waals surface area contributed by atoms with Crippen LogP contribution >= 0.6 is 11.3 Å². The number of non-ortho nitro benzene ring substituents is 1. The van der Waals surface area contributed by atoms with Gasteiger partial charge in [-0.15, -0.1) is 11.3 Å². The number of carbonyl (C=O) groups is 5. The normalized spacial score (nSPS) is 17.9. The Kier molecular flexibility index (Phi) is 15.0. The molecule has 1 saturated heterocycles. The van der Waals surface area contributed by atoms with E-state index in [-0.39, 0.29) is 53.9 Å². The van der Waals surface area contributed by atoms with Crippen LogP contribution in [-0.4, -0.2) is 94.5 Å². The maximum Gasteiger partial charge on any atom is 0.303 e. The van der Waals surface area contributed by atoms with Gasteiger partial charge in [0.2, 0.25) is 11.8 Å². The van der Waals surface area contributed by atoms with Crippen LogP contribution in [-0.2, 0) is 30.3 Å². The number of hydrogen-bond donors (Lipinski definition) is 2. The number of nitrogens with zero attached hydrogens (tertiary/aromatic N) is 4. The molecule has 1 aliphatic heterocycles. The number of nitro benzene ring substituents is 1. The predicted molar refractivity (Wildman–Crippen MR) is 188 cm³/mol. The van der Waals surface area contributed by atoms with Gasteiger partial charge in [-0.1, -0.05) is 52.7 Å². The number of aldehydes is 1. The number of piperidine rings is 1. The molecule has 1 aromatic heterocycles. The first-order valence-electron chi connectivity index (χ1n) is 17.1. The summed E-state index contributed by atoms with van der Waals surface area (Å²) in [6, 6.07) is 3.33. The molecule has 3 rings (SSSR count). The van der Waals surface area contributed by atoms with Crippen LogP contribution in [0.25, 0.3) is 0 Å². The summed E-state index contributed by atoms with van der Waals surface area (Å²) >= 11 is 1.12. The van der Waals surface area contributed by atoms with Crippen molar-refractivity contribution in [2.45, 2.75) is 103 Å². The average Bonchev–Trinajstić information content (AvgIpc) is 3.58. The third kappa shape index (κ3) is 10.9. The Morgan fingerprint density at radius 2 is 1.84 bits per heavy atom. The van der Waals surface area contributed by atoms with Crippen molar-refractivity contribution in [2.75, 3.05) is 20.6 Å². The van der Waals surface area contributed by atoms with E-state index in [0.29, 0.717) is 23.3 Å². The highest BCUT2D eigenvalue weighted by Gasteiger charge is 2.37. The topological polar surface area (TPSA) is 181 Å². The zero-order chi connectivity index (χ0) is 37.1. The van der Waals surface area contributed by atoms with Gasteiger partial charge in [0, 0.05) is 43.9 Å². The number of aromatic nitrogens is 1. The molecule has 0 unspecified atom stereocenters. The van der Waals surface area contributed by atoms with Crippen molar-refractivity contribution in [1.82, 2.24) is 25.4 Å². The number of hydrogen-bond acceptors (Lipinski definition) is 11. The number of amides is 3. The lowest BCUT2D eigenvalue weighted by atomic mass is 9.92. The van der Waals surface area contributed by atoms with Crippen LogP contribution in [0, 0.1) is 22.0 Å². The summed E-state index contributed by atoms with van der Waals surface area (Å²) in [5, 5.41) is 18.5. The molecule has 2 aromatic rings. The number of nitro groups is 1. The Hall–Kier alpha value is -4.24. The van der Waals surface area contributed by atoms with Gasteiger partial charge < -0.3 is 25.1 Å². The first-order valence-corrected chi connectivity index (χ1v) is 17.9. The van der Waals surface area contributed by atoms with E-state index in [1.807, 2.05) is 39.6 Å². The van der Waals surface area contributed by atoms with Crippen molar-refractivity contribution in [3.63, 3.8) is 0 Å². The second-order valence-electron chi connectivity index (χ2n) is 13.4. The molecule has 0 radical (unpaired) electrons. The maximum atomic E-state index is 14.1. The number of ether oxygens (including phenoxy) is 1. The molecule has 1 aromatic carbocycles. The van der Waals surface area contributed by atoms with E-state index in [1.165, 1.54) is 36.6 Å². The monoisotopic (exact) mass is 714 g/mol. The van der Waals surface area contributed by atoms with Crippen LogP contribution in [0.4, 0.5) is 5.69 Å². The zero-order valence-corrected chi connectivity index (χ0v) is 30.7. The Labute approximate surface area is 297 Å². The van der Waals surface area contributed by atoms with E-state index in [4.69, 9.17) is 4.74 Å². The SMILES string of the molecule is CC[C@H](C)[C@H](NC(=O)[C@H]1CCCCN1C)C(=O)N(C)[C@H](C[C@@H](OC(C)=O)c1nc(C(=O)N[C@H](C=O)Cc2ccc([N+](=O)[O-])cc2)cs1)C(C)C. The van der Waals surface area contributed by atoms with E-state index in [0.717, 1.165) is 37.1 Å². The third-order valence-corrected chi connectivity index (χ3v) is 10.3. The van der Waals surface area contributed by atoms with Crippen molar-refractivity contribution in [3.8, 4) is 0 Å². The molecule has 0 aliphatic carbocycles. The number of carbonyl (C=O) groups excluding carboxylic acids is 5. The van der Waals surface area contributed by atoms with Crippen LogP contribution in [0.3, 0.4) is 0 Å². The van der Waals surface area contributed by atoms with Crippen LogP contribution < -0.4 is 10.6 Å². The Balaban J connectivity index is 1.77. The Morgan fingerprint density at radius 1 is 1.16 bits per heavy atom. The molecule has 50 heavy (non-hydrogen) atoms.